The van der Waals surface area contributed by atoms with Gasteiger partial charge in [-0.3, -0.25) is 4.79 Å². The van der Waals surface area contributed by atoms with Gasteiger partial charge in [-0.25, -0.2) is 4.79 Å². The summed E-state index contributed by atoms with van der Waals surface area (Å²) in [6, 6.07) is 11.3. The van der Waals surface area contributed by atoms with E-state index in [4.69, 9.17) is 4.74 Å². The smallest absolute Gasteiger partial charge is 0.416 e. The number of carbonyl (C=O) groups excluding carboxylic acids is 2. The summed E-state index contributed by atoms with van der Waals surface area (Å²) in [5.41, 5.74) is 0.162. The number of hydrogen-bond acceptors (Lipinski definition) is 3. The van der Waals surface area contributed by atoms with Crippen molar-refractivity contribution >= 4 is 17.6 Å². The van der Waals surface area contributed by atoms with Gasteiger partial charge in [-0.2, -0.15) is 13.2 Å². The highest BCUT2D eigenvalue weighted by Crippen LogP contribution is 2.41. The standard InChI is InChI=1S/C26H30F3N3O3/c1-18(2)35-22-9-3-19(4-10-22)23(33)31-14-11-25(12-15-31)13-16-32(17-25)24(34)30-21-7-5-20(6-8-21)26(27,28)29/h3-10,18H,11-17H2,1-2H3,(H,30,34). The molecule has 2 aromatic carbocycles. The Morgan fingerprint density at radius 3 is 2.03 bits per heavy atom. The second-order valence-electron chi connectivity index (χ2n) is 9.66. The minimum Gasteiger partial charge on any atom is -0.491 e. The lowest BCUT2D eigenvalue weighted by atomic mass is 9.77. The number of rotatable bonds is 4. The number of piperidine rings is 1. The third-order valence-corrected chi connectivity index (χ3v) is 6.77. The van der Waals surface area contributed by atoms with Crippen molar-refractivity contribution in [1.82, 2.24) is 9.80 Å². The van der Waals surface area contributed by atoms with Gasteiger partial charge in [0.1, 0.15) is 5.75 Å². The third kappa shape index (κ3) is 5.89. The number of likely N-dealkylation sites (tertiary alicyclic amines) is 2. The molecule has 0 unspecified atom stereocenters. The average Bonchev–Trinajstić information content (AvgIpc) is 3.23. The number of benzene rings is 2. The maximum Gasteiger partial charge on any atom is 0.416 e. The number of carbonyl (C=O) groups is 2. The van der Waals surface area contributed by atoms with Crippen LogP contribution in [0.5, 0.6) is 5.75 Å². The van der Waals surface area contributed by atoms with Crippen LogP contribution >= 0.6 is 0 Å². The highest BCUT2D eigenvalue weighted by Gasteiger charge is 2.43. The van der Waals surface area contributed by atoms with E-state index in [1.807, 2.05) is 30.9 Å². The largest absolute Gasteiger partial charge is 0.491 e. The van der Waals surface area contributed by atoms with Crippen LogP contribution in [0.25, 0.3) is 0 Å². The van der Waals surface area contributed by atoms with E-state index in [-0.39, 0.29) is 23.5 Å². The molecule has 0 radical (unpaired) electrons. The van der Waals surface area contributed by atoms with Crippen molar-refractivity contribution in [3.05, 3.63) is 59.7 Å². The van der Waals surface area contributed by atoms with Crippen molar-refractivity contribution < 1.29 is 27.5 Å². The Morgan fingerprint density at radius 1 is 0.914 bits per heavy atom. The van der Waals surface area contributed by atoms with Crippen LogP contribution in [0, 0.1) is 5.41 Å². The van der Waals surface area contributed by atoms with Crippen molar-refractivity contribution in [3.8, 4) is 5.75 Å². The van der Waals surface area contributed by atoms with Gasteiger partial charge in [0.2, 0.25) is 0 Å². The molecule has 4 rings (SSSR count). The van der Waals surface area contributed by atoms with Crippen LogP contribution in [0.2, 0.25) is 0 Å². The second kappa shape index (κ2) is 9.79. The van der Waals surface area contributed by atoms with E-state index in [0.717, 1.165) is 37.1 Å². The summed E-state index contributed by atoms with van der Waals surface area (Å²) in [5.74, 6) is 0.723. The molecular weight excluding hydrogens is 459 g/mol. The number of nitrogens with zero attached hydrogens (tertiary/aromatic N) is 2. The predicted octanol–water partition coefficient (Wildman–Crippen LogP) is 5.65. The van der Waals surface area contributed by atoms with Crippen LogP contribution in [-0.2, 0) is 6.18 Å². The molecule has 3 amide bonds. The van der Waals surface area contributed by atoms with Gasteiger partial charge >= 0.3 is 12.2 Å². The summed E-state index contributed by atoms with van der Waals surface area (Å²) >= 11 is 0. The lowest BCUT2D eigenvalue weighted by Crippen LogP contribution is -2.45. The molecule has 2 aromatic rings. The van der Waals surface area contributed by atoms with E-state index in [1.54, 1.807) is 17.0 Å². The zero-order valence-corrected chi connectivity index (χ0v) is 19.9. The van der Waals surface area contributed by atoms with E-state index in [2.05, 4.69) is 5.32 Å². The summed E-state index contributed by atoms with van der Waals surface area (Å²) in [4.78, 5) is 29.2. The van der Waals surface area contributed by atoms with Crippen LogP contribution in [0.3, 0.4) is 0 Å². The normalized spacial score (nSPS) is 17.7. The predicted molar refractivity (Wildman–Crippen MR) is 126 cm³/mol. The first-order valence-corrected chi connectivity index (χ1v) is 11.8. The third-order valence-electron chi connectivity index (χ3n) is 6.77. The van der Waals surface area contributed by atoms with Gasteiger partial charge in [0, 0.05) is 37.4 Å². The van der Waals surface area contributed by atoms with Crippen LogP contribution in [-0.4, -0.2) is 54.0 Å². The van der Waals surface area contributed by atoms with E-state index in [9.17, 15) is 22.8 Å². The van der Waals surface area contributed by atoms with Crippen molar-refractivity contribution in [2.75, 3.05) is 31.5 Å². The number of alkyl halides is 3. The molecule has 0 aromatic heterocycles. The lowest BCUT2D eigenvalue weighted by Gasteiger charge is -2.39. The minimum absolute atomic E-state index is 0.00848. The molecule has 0 bridgehead atoms. The first kappa shape index (κ1) is 24.9. The van der Waals surface area contributed by atoms with Gasteiger partial charge in [0.05, 0.1) is 11.7 Å². The SMILES string of the molecule is CC(C)Oc1ccc(C(=O)N2CCC3(CCN(C(=O)Nc4ccc(C(F)(F)F)cc4)C3)CC2)cc1. The quantitative estimate of drug-likeness (QED) is 0.604. The minimum atomic E-state index is -4.41. The number of urea groups is 1. The second-order valence-corrected chi connectivity index (χ2v) is 9.66. The molecule has 35 heavy (non-hydrogen) atoms. The molecule has 2 heterocycles. The van der Waals surface area contributed by atoms with E-state index >= 15 is 0 Å². The van der Waals surface area contributed by atoms with Crippen LogP contribution in [0.15, 0.2) is 48.5 Å². The maximum absolute atomic E-state index is 12.9. The molecule has 0 aliphatic carbocycles. The fraction of sp³-hybridized carbons (Fsp3) is 0.462. The first-order chi connectivity index (χ1) is 16.5. The summed E-state index contributed by atoms with van der Waals surface area (Å²) < 4.78 is 43.8. The van der Waals surface area contributed by atoms with Gasteiger partial charge in [0.25, 0.3) is 5.91 Å². The topological polar surface area (TPSA) is 61.9 Å². The molecular formula is C26H30F3N3O3. The molecule has 188 valence electrons. The molecule has 2 fully saturated rings. The zero-order valence-electron chi connectivity index (χ0n) is 19.9. The molecule has 0 atom stereocenters. The number of halogens is 3. The summed E-state index contributed by atoms with van der Waals surface area (Å²) in [6.45, 7) is 6.30. The van der Waals surface area contributed by atoms with Crippen molar-refractivity contribution in [2.24, 2.45) is 5.41 Å². The highest BCUT2D eigenvalue weighted by atomic mass is 19.4. The molecule has 1 spiro atoms. The zero-order chi connectivity index (χ0) is 25.2. The highest BCUT2D eigenvalue weighted by molar-refractivity contribution is 5.94. The number of nitrogens with one attached hydrogen (secondary N) is 1. The van der Waals surface area contributed by atoms with Crippen LogP contribution in [0.4, 0.5) is 23.7 Å². The Hall–Kier alpha value is -3.23. The van der Waals surface area contributed by atoms with Gasteiger partial charge in [-0.15, -0.1) is 0 Å². The van der Waals surface area contributed by atoms with Gasteiger partial charge < -0.3 is 19.9 Å². The fourth-order valence-electron chi connectivity index (χ4n) is 4.78. The van der Waals surface area contributed by atoms with Crippen LogP contribution < -0.4 is 10.1 Å². The van der Waals surface area contributed by atoms with E-state index < -0.39 is 11.7 Å². The average molecular weight is 490 g/mol. The monoisotopic (exact) mass is 489 g/mol. The van der Waals surface area contributed by atoms with Crippen LogP contribution in [0.1, 0.15) is 49.0 Å². The number of anilines is 1. The molecule has 2 saturated heterocycles. The Bertz CT molecular complexity index is 1040. The maximum atomic E-state index is 12.9. The van der Waals surface area contributed by atoms with E-state index in [0.29, 0.717) is 37.4 Å². The lowest BCUT2D eigenvalue weighted by molar-refractivity contribution is -0.137. The molecule has 1 N–H and O–H groups in total. The Labute approximate surface area is 203 Å². The van der Waals surface area contributed by atoms with Crippen molar-refractivity contribution in [2.45, 2.75) is 45.4 Å². The fourth-order valence-corrected chi connectivity index (χ4v) is 4.78. The Kier molecular flexibility index (Phi) is 6.96. The molecule has 6 nitrogen and oxygen atoms in total. The Morgan fingerprint density at radius 2 is 1.49 bits per heavy atom. The molecule has 9 heteroatoms. The number of amides is 3. The molecule has 2 aliphatic rings. The molecule has 0 saturated carbocycles. The van der Waals surface area contributed by atoms with Crippen molar-refractivity contribution in [3.63, 3.8) is 0 Å². The van der Waals surface area contributed by atoms with Crippen molar-refractivity contribution in [1.29, 1.82) is 0 Å². The molecule has 2 aliphatic heterocycles. The summed E-state index contributed by atoms with van der Waals surface area (Å²) in [6.07, 6.45) is -1.89. The van der Waals surface area contributed by atoms with Gasteiger partial charge in [-0.05, 0) is 87.1 Å². The summed E-state index contributed by atoms with van der Waals surface area (Å²) in [7, 11) is 0. The Balaban J connectivity index is 1.29. The van der Waals surface area contributed by atoms with E-state index in [1.165, 1.54) is 12.1 Å². The van der Waals surface area contributed by atoms with Gasteiger partial charge in [-0.1, -0.05) is 0 Å². The number of ether oxygens (including phenoxy) is 1. The first-order valence-electron chi connectivity index (χ1n) is 11.8. The van der Waals surface area contributed by atoms with Gasteiger partial charge in [0.15, 0.2) is 0 Å². The summed E-state index contributed by atoms with van der Waals surface area (Å²) in [5, 5.41) is 2.69. The number of hydrogen-bond donors (Lipinski definition) is 1.